The van der Waals surface area contributed by atoms with Gasteiger partial charge in [0.25, 0.3) is 0 Å². The van der Waals surface area contributed by atoms with E-state index in [1.165, 1.54) is 0 Å². The number of carbonyl (C=O) groups excluding carboxylic acids is 1. The Morgan fingerprint density at radius 3 is 2.52 bits per heavy atom. The maximum absolute atomic E-state index is 12.4. The number of hydrogen-bond acceptors (Lipinski definition) is 3. The molecule has 3 atom stereocenters. The highest BCUT2D eigenvalue weighted by Gasteiger charge is 2.47. The summed E-state index contributed by atoms with van der Waals surface area (Å²) in [5, 5.41) is 3.22. The molecule has 0 aromatic heterocycles. The molecule has 1 saturated carbocycles. The molecular weight excluding hydrogens is 285 g/mol. The Kier molecular flexibility index (Phi) is 6.04. The van der Waals surface area contributed by atoms with Gasteiger partial charge in [0.15, 0.2) is 6.10 Å². The number of nitrogens with one attached hydrogen (secondary N) is 1. The van der Waals surface area contributed by atoms with Gasteiger partial charge in [-0.1, -0.05) is 6.42 Å². The molecule has 1 aliphatic rings. The third-order valence-electron chi connectivity index (χ3n) is 4.10. The van der Waals surface area contributed by atoms with E-state index in [9.17, 15) is 18.0 Å². The first-order valence-corrected chi connectivity index (χ1v) is 7.35. The number of halogens is 3. The molecule has 0 aromatic rings. The van der Waals surface area contributed by atoms with Gasteiger partial charge in [-0.25, -0.2) is 0 Å². The second-order valence-electron chi connectivity index (χ2n) is 6.07. The summed E-state index contributed by atoms with van der Waals surface area (Å²) >= 11 is 0. The van der Waals surface area contributed by atoms with Crippen LogP contribution in [0.2, 0.25) is 0 Å². The molecule has 0 bridgehead atoms. The van der Waals surface area contributed by atoms with Crippen molar-refractivity contribution in [2.24, 2.45) is 11.7 Å². The molecule has 1 amide bonds. The van der Waals surface area contributed by atoms with Crippen LogP contribution < -0.4 is 11.1 Å². The maximum atomic E-state index is 12.4. The van der Waals surface area contributed by atoms with E-state index in [2.05, 4.69) is 5.32 Å². The van der Waals surface area contributed by atoms with Crippen molar-refractivity contribution < 1.29 is 22.7 Å². The van der Waals surface area contributed by atoms with Crippen LogP contribution in [0.1, 0.15) is 46.5 Å². The van der Waals surface area contributed by atoms with Gasteiger partial charge in [-0.05, 0) is 46.0 Å². The Bertz CT molecular complexity index is 361. The average Bonchev–Trinajstić information content (AvgIpc) is 2.71. The monoisotopic (exact) mass is 310 g/mol. The minimum Gasteiger partial charge on any atom is -0.369 e. The van der Waals surface area contributed by atoms with Gasteiger partial charge in [0.1, 0.15) is 5.54 Å². The van der Waals surface area contributed by atoms with Crippen LogP contribution >= 0.6 is 0 Å². The molecule has 0 radical (unpaired) electrons. The summed E-state index contributed by atoms with van der Waals surface area (Å²) in [6, 6.07) is 0.0770. The molecule has 0 aliphatic heterocycles. The normalized spacial score (nSPS) is 28.0. The number of primary amides is 1. The van der Waals surface area contributed by atoms with Crippen molar-refractivity contribution in [3.8, 4) is 0 Å². The number of carbonyl (C=O) groups is 1. The summed E-state index contributed by atoms with van der Waals surface area (Å²) in [7, 11) is 0. The zero-order valence-corrected chi connectivity index (χ0v) is 12.8. The first-order chi connectivity index (χ1) is 9.59. The van der Waals surface area contributed by atoms with E-state index in [0.29, 0.717) is 12.8 Å². The van der Waals surface area contributed by atoms with Gasteiger partial charge in [0.05, 0.1) is 0 Å². The van der Waals surface area contributed by atoms with Crippen molar-refractivity contribution in [2.75, 3.05) is 6.61 Å². The van der Waals surface area contributed by atoms with E-state index in [4.69, 9.17) is 10.5 Å². The molecule has 7 heteroatoms. The number of alkyl halides is 3. The fraction of sp³-hybridized carbons (Fsp3) is 0.929. The first kappa shape index (κ1) is 18.2. The minimum atomic E-state index is -4.35. The van der Waals surface area contributed by atoms with Crippen molar-refractivity contribution in [3.63, 3.8) is 0 Å². The van der Waals surface area contributed by atoms with Gasteiger partial charge in [0.2, 0.25) is 5.91 Å². The highest BCUT2D eigenvalue weighted by Crippen LogP contribution is 2.38. The summed E-state index contributed by atoms with van der Waals surface area (Å²) in [5.74, 6) is -0.514. The van der Waals surface area contributed by atoms with E-state index >= 15 is 0 Å². The number of ether oxygens (including phenoxy) is 1. The van der Waals surface area contributed by atoms with E-state index in [-0.39, 0.29) is 18.6 Å². The van der Waals surface area contributed by atoms with Crippen molar-refractivity contribution in [1.82, 2.24) is 5.32 Å². The van der Waals surface area contributed by atoms with E-state index < -0.39 is 23.7 Å². The molecule has 1 fully saturated rings. The smallest absolute Gasteiger partial charge is 0.369 e. The Labute approximate surface area is 123 Å². The average molecular weight is 310 g/mol. The molecular formula is C14H25F3N2O2. The lowest BCUT2D eigenvalue weighted by atomic mass is 9.83. The maximum Gasteiger partial charge on any atom is 0.414 e. The quantitative estimate of drug-likeness (QED) is 0.759. The molecule has 3 unspecified atom stereocenters. The highest BCUT2D eigenvalue weighted by molar-refractivity contribution is 5.85. The topological polar surface area (TPSA) is 64.3 Å². The van der Waals surface area contributed by atoms with Gasteiger partial charge >= 0.3 is 6.18 Å². The van der Waals surface area contributed by atoms with Crippen LogP contribution in [0, 0.1) is 5.92 Å². The third-order valence-corrected chi connectivity index (χ3v) is 4.10. The van der Waals surface area contributed by atoms with Gasteiger partial charge in [-0.15, -0.1) is 0 Å². The second-order valence-corrected chi connectivity index (χ2v) is 6.07. The molecule has 0 heterocycles. The first-order valence-electron chi connectivity index (χ1n) is 7.35. The molecule has 21 heavy (non-hydrogen) atoms. The Hall–Kier alpha value is -0.820. The summed E-state index contributed by atoms with van der Waals surface area (Å²) < 4.78 is 42.0. The van der Waals surface area contributed by atoms with Gasteiger partial charge in [-0.2, -0.15) is 13.2 Å². The highest BCUT2D eigenvalue weighted by atomic mass is 19.4. The van der Waals surface area contributed by atoms with Crippen LogP contribution in [0.15, 0.2) is 0 Å². The Morgan fingerprint density at radius 2 is 2.05 bits per heavy atom. The van der Waals surface area contributed by atoms with Crippen LogP contribution in [-0.4, -0.2) is 36.4 Å². The van der Waals surface area contributed by atoms with Crippen LogP contribution in [-0.2, 0) is 9.53 Å². The summed E-state index contributed by atoms with van der Waals surface area (Å²) in [6.07, 6.45) is -3.52. The fourth-order valence-corrected chi connectivity index (χ4v) is 3.05. The van der Waals surface area contributed by atoms with Crippen LogP contribution in [0.3, 0.4) is 0 Å². The van der Waals surface area contributed by atoms with Crippen molar-refractivity contribution in [1.29, 1.82) is 0 Å². The largest absolute Gasteiger partial charge is 0.414 e. The molecule has 1 rings (SSSR count). The van der Waals surface area contributed by atoms with Crippen molar-refractivity contribution in [2.45, 2.75) is 70.3 Å². The SMILES string of the molecule is CC(C)NC1(C(N)=O)CCCC1CCOC(C)C(F)(F)F. The van der Waals surface area contributed by atoms with Crippen molar-refractivity contribution in [3.05, 3.63) is 0 Å². The Morgan fingerprint density at radius 1 is 1.43 bits per heavy atom. The minimum absolute atomic E-state index is 0.0276. The van der Waals surface area contributed by atoms with Gasteiger partial charge in [0, 0.05) is 12.6 Å². The third kappa shape index (κ3) is 4.57. The lowest BCUT2D eigenvalue weighted by Gasteiger charge is -2.35. The molecule has 0 spiro atoms. The van der Waals surface area contributed by atoms with Gasteiger partial charge in [-0.3, -0.25) is 4.79 Å². The molecule has 0 saturated heterocycles. The van der Waals surface area contributed by atoms with Gasteiger partial charge < -0.3 is 15.8 Å². The lowest BCUT2D eigenvalue weighted by Crippen LogP contribution is -2.60. The second kappa shape index (κ2) is 6.96. The number of hydrogen-bond donors (Lipinski definition) is 2. The van der Waals surface area contributed by atoms with E-state index in [1.807, 2.05) is 13.8 Å². The molecule has 4 nitrogen and oxygen atoms in total. The molecule has 1 aliphatic carbocycles. The predicted octanol–water partition coefficient (Wildman–Crippen LogP) is 2.37. The molecule has 3 N–H and O–H groups in total. The van der Waals surface area contributed by atoms with Crippen molar-refractivity contribution >= 4 is 5.91 Å². The standard InChI is InChI=1S/C14H25F3N2O2/c1-9(2)19-13(12(18)20)7-4-5-11(13)6-8-21-10(3)14(15,16)17/h9-11,19H,4-8H2,1-3H3,(H2,18,20). The van der Waals surface area contributed by atoms with Crippen LogP contribution in [0.4, 0.5) is 13.2 Å². The van der Waals surface area contributed by atoms with Crippen LogP contribution in [0.25, 0.3) is 0 Å². The Balaban J connectivity index is 2.62. The number of nitrogens with two attached hydrogens (primary N) is 1. The summed E-state index contributed by atoms with van der Waals surface area (Å²) in [6.45, 7) is 4.80. The molecule has 124 valence electrons. The zero-order valence-electron chi connectivity index (χ0n) is 12.8. The van der Waals surface area contributed by atoms with E-state index in [1.54, 1.807) is 0 Å². The predicted molar refractivity (Wildman–Crippen MR) is 73.6 cm³/mol. The molecule has 0 aromatic carbocycles. The van der Waals surface area contributed by atoms with Crippen LogP contribution in [0.5, 0.6) is 0 Å². The van der Waals surface area contributed by atoms with E-state index in [0.717, 1.165) is 19.8 Å². The number of rotatable bonds is 7. The number of amides is 1. The zero-order chi connectivity index (χ0) is 16.3. The summed E-state index contributed by atoms with van der Waals surface area (Å²) in [4.78, 5) is 11.9. The lowest BCUT2D eigenvalue weighted by molar-refractivity contribution is -0.215. The summed E-state index contributed by atoms with van der Waals surface area (Å²) in [5.41, 5.74) is 4.73. The fourth-order valence-electron chi connectivity index (χ4n) is 3.05.